The topological polar surface area (TPSA) is 87.4 Å². The third kappa shape index (κ3) is 5.63. The number of hydrogen-bond acceptors (Lipinski definition) is 6. The quantitative estimate of drug-likeness (QED) is 0.446. The van der Waals surface area contributed by atoms with E-state index >= 15 is 0 Å². The Morgan fingerprint density at radius 1 is 0.974 bits per heavy atom. The highest BCUT2D eigenvalue weighted by atomic mass is 16.2. The van der Waals surface area contributed by atoms with Gasteiger partial charge >= 0.3 is 0 Å². The molecule has 38 heavy (non-hydrogen) atoms. The SMILES string of the molecule is Cc1cc(N)cc([C@@H](C)Nc2nc(C)nc3c(C)cc(C4CCC(C(=O)N5CCN(C)CC5)CC4)cc23)c1. The number of amides is 1. The van der Waals surface area contributed by atoms with Gasteiger partial charge in [-0.25, -0.2) is 9.97 Å². The van der Waals surface area contributed by atoms with E-state index in [1.807, 2.05) is 19.1 Å². The lowest BCUT2D eigenvalue weighted by molar-refractivity contribution is -0.138. The van der Waals surface area contributed by atoms with Crippen LogP contribution in [0.4, 0.5) is 11.5 Å². The molecule has 3 N–H and O–H groups in total. The summed E-state index contributed by atoms with van der Waals surface area (Å²) < 4.78 is 0. The van der Waals surface area contributed by atoms with Crippen LogP contribution in [-0.4, -0.2) is 58.9 Å². The van der Waals surface area contributed by atoms with E-state index in [4.69, 9.17) is 15.7 Å². The number of benzene rings is 2. The summed E-state index contributed by atoms with van der Waals surface area (Å²) in [7, 11) is 2.13. The predicted molar refractivity (Wildman–Crippen MR) is 155 cm³/mol. The smallest absolute Gasteiger partial charge is 0.225 e. The summed E-state index contributed by atoms with van der Waals surface area (Å²) in [4.78, 5) is 27.2. The van der Waals surface area contributed by atoms with Crippen LogP contribution < -0.4 is 11.1 Å². The van der Waals surface area contributed by atoms with Gasteiger partial charge in [0.05, 0.1) is 11.6 Å². The maximum atomic E-state index is 13.1. The lowest BCUT2D eigenvalue weighted by Gasteiger charge is -2.36. The average Bonchev–Trinajstić information content (AvgIpc) is 2.88. The Bertz CT molecular complexity index is 1300. The van der Waals surface area contributed by atoms with Gasteiger partial charge in [-0.1, -0.05) is 12.1 Å². The van der Waals surface area contributed by atoms with Crippen molar-refractivity contribution in [2.24, 2.45) is 5.92 Å². The number of likely N-dealkylation sites (N-methyl/N-ethyl adjacent to an activating group) is 1. The van der Waals surface area contributed by atoms with Crippen LogP contribution in [0.15, 0.2) is 30.3 Å². The maximum absolute atomic E-state index is 13.1. The van der Waals surface area contributed by atoms with Gasteiger partial charge in [0.15, 0.2) is 0 Å². The van der Waals surface area contributed by atoms with E-state index < -0.39 is 0 Å². The van der Waals surface area contributed by atoms with Crippen LogP contribution in [0.1, 0.15) is 72.6 Å². The molecule has 7 nitrogen and oxygen atoms in total. The second-order valence-corrected chi connectivity index (χ2v) is 11.6. The van der Waals surface area contributed by atoms with Crippen molar-refractivity contribution < 1.29 is 4.79 Å². The number of carbonyl (C=O) groups excluding carboxylic acids is 1. The molecule has 1 aliphatic heterocycles. The van der Waals surface area contributed by atoms with E-state index in [1.54, 1.807) is 0 Å². The fourth-order valence-electron chi connectivity index (χ4n) is 6.23. The Morgan fingerprint density at radius 2 is 1.68 bits per heavy atom. The Hall–Kier alpha value is -3.19. The lowest BCUT2D eigenvalue weighted by Crippen LogP contribution is -2.49. The molecule has 0 spiro atoms. The van der Waals surface area contributed by atoms with Crippen molar-refractivity contribution in [3.8, 4) is 0 Å². The number of nitrogens with one attached hydrogen (secondary N) is 1. The highest BCUT2D eigenvalue weighted by Gasteiger charge is 2.31. The van der Waals surface area contributed by atoms with Gasteiger partial charge in [0.25, 0.3) is 0 Å². The first kappa shape index (κ1) is 26.4. The number of nitrogen functional groups attached to an aromatic ring is 1. The number of nitrogens with two attached hydrogens (primary N) is 1. The molecule has 2 fully saturated rings. The molecule has 202 valence electrons. The van der Waals surface area contributed by atoms with E-state index in [2.05, 4.69) is 61.1 Å². The number of hydrogen-bond donors (Lipinski definition) is 2. The number of piperazine rings is 1. The van der Waals surface area contributed by atoms with Crippen molar-refractivity contribution in [3.63, 3.8) is 0 Å². The van der Waals surface area contributed by atoms with Gasteiger partial charge in [0.1, 0.15) is 11.6 Å². The van der Waals surface area contributed by atoms with Gasteiger partial charge in [-0.15, -0.1) is 0 Å². The van der Waals surface area contributed by atoms with Gasteiger partial charge < -0.3 is 20.9 Å². The van der Waals surface area contributed by atoms with Crippen molar-refractivity contribution in [1.82, 2.24) is 19.8 Å². The van der Waals surface area contributed by atoms with Gasteiger partial charge in [0, 0.05) is 43.2 Å². The summed E-state index contributed by atoms with van der Waals surface area (Å²) in [6.07, 6.45) is 4.02. The van der Waals surface area contributed by atoms with Crippen molar-refractivity contribution in [2.45, 2.75) is 65.3 Å². The number of rotatable bonds is 5. The third-order valence-corrected chi connectivity index (χ3v) is 8.46. The molecule has 2 aromatic carbocycles. The van der Waals surface area contributed by atoms with Crippen LogP contribution in [0.2, 0.25) is 0 Å². The molecular formula is C31H42N6O. The fraction of sp³-hybridized carbons (Fsp3) is 0.516. The molecule has 1 aliphatic carbocycles. The molecule has 2 heterocycles. The largest absolute Gasteiger partial charge is 0.399 e. The second-order valence-electron chi connectivity index (χ2n) is 11.6. The lowest BCUT2D eigenvalue weighted by atomic mass is 9.77. The van der Waals surface area contributed by atoms with Crippen molar-refractivity contribution in [1.29, 1.82) is 0 Å². The zero-order chi connectivity index (χ0) is 27.0. The Balaban J connectivity index is 1.35. The number of aromatic nitrogens is 2. The van der Waals surface area contributed by atoms with Crippen LogP contribution in [0, 0.1) is 26.7 Å². The highest BCUT2D eigenvalue weighted by Crippen LogP contribution is 2.39. The number of nitrogens with zero attached hydrogens (tertiary/aromatic N) is 4. The number of aryl methyl sites for hydroxylation is 3. The molecule has 1 saturated carbocycles. The van der Waals surface area contributed by atoms with Crippen molar-refractivity contribution in [3.05, 3.63) is 58.4 Å². The summed E-state index contributed by atoms with van der Waals surface area (Å²) in [6, 6.07) is 10.8. The number of fused-ring (bicyclic) bond motifs is 1. The summed E-state index contributed by atoms with van der Waals surface area (Å²) in [5, 5.41) is 4.72. The average molecular weight is 515 g/mol. The van der Waals surface area contributed by atoms with Gasteiger partial charge in [0.2, 0.25) is 5.91 Å². The van der Waals surface area contributed by atoms with Crippen LogP contribution in [0.25, 0.3) is 10.9 Å². The molecule has 1 saturated heterocycles. The zero-order valence-electron chi connectivity index (χ0n) is 23.6. The van der Waals surface area contributed by atoms with Crippen LogP contribution in [0.5, 0.6) is 0 Å². The minimum absolute atomic E-state index is 0.0506. The van der Waals surface area contributed by atoms with E-state index in [0.717, 1.165) is 91.2 Å². The van der Waals surface area contributed by atoms with Gasteiger partial charge in [-0.05, 0) is 107 Å². The molecule has 3 aromatic rings. The van der Waals surface area contributed by atoms with E-state index in [1.165, 1.54) is 11.1 Å². The third-order valence-electron chi connectivity index (χ3n) is 8.46. The summed E-state index contributed by atoms with van der Waals surface area (Å²) >= 11 is 0. The van der Waals surface area contributed by atoms with Gasteiger partial charge in [-0.2, -0.15) is 0 Å². The highest BCUT2D eigenvalue weighted by molar-refractivity contribution is 5.92. The van der Waals surface area contributed by atoms with Gasteiger partial charge in [-0.3, -0.25) is 4.79 Å². The molecule has 0 bridgehead atoms. The van der Waals surface area contributed by atoms with Crippen molar-refractivity contribution >= 4 is 28.3 Å². The maximum Gasteiger partial charge on any atom is 0.225 e. The number of carbonyl (C=O) groups is 1. The second kappa shape index (κ2) is 10.9. The number of anilines is 2. The van der Waals surface area contributed by atoms with Crippen molar-refractivity contribution in [2.75, 3.05) is 44.3 Å². The molecule has 2 aliphatic rings. The minimum atomic E-state index is 0.0506. The molecule has 1 amide bonds. The molecule has 1 atom stereocenters. The first-order valence-corrected chi connectivity index (χ1v) is 14.1. The van der Waals surface area contributed by atoms with E-state index in [9.17, 15) is 4.79 Å². The normalized spacial score (nSPS) is 21.4. The molecule has 0 unspecified atom stereocenters. The molecule has 5 rings (SSSR count). The Morgan fingerprint density at radius 3 is 2.37 bits per heavy atom. The molecular weight excluding hydrogens is 472 g/mol. The standard InChI is InChI=1S/C31H42N6O/c1-19-14-25(17-27(32)15-19)21(3)33-30-28-18-26(16-20(2)29(28)34-22(4)35-30)23-6-8-24(9-7-23)31(38)37-12-10-36(5)11-13-37/h14-18,21,23-24H,6-13,32H2,1-5H3,(H,33,34,35)/t21-,23?,24?/m1/s1. The first-order chi connectivity index (χ1) is 18.2. The minimum Gasteiger partial charge on any atom is -0.399 e. The summed E-state index contributed by atoms with van der Waals surface area (Å²) in [5.74, 6) is 2.62. The van der Waals surface area contributed by atoms with Crippen LogP contribution >= 0.6 is 0 Å². The molecule has 7 heteroatoms. The van der Waals surface area contributed by atoms with Crippen LogP contribution in [-0.2, 0) is 4.79 Å². The Kier molecular flexibility index (Phi) is 7.57. The molecule has 0 radical (unpaired) electrons. The fourth-order valence-corrected chi connectivity index (χ4v) is 6.23. The van der Waals surface area contributed by atoms with E-state index in [0.29, 0.717) is 11.8 Å². The summed E-state index contributed by atoms with van der Waals surface area (Å²) in [5.41, 5.74) is 12.7. The monoisotopic (exact) mass is 514 g/mol. The Labute approximate surface area is 226 Å². The predicted octanol–water partition coefficient (Wildman–Crippen LogP) is 5.36. The van der Waals surface area contributed by atoms with Crippen LogP contribution in [0.3, 0.4) is 0 Å². The van der Waals surface area contributed by atoms with E-state index in [-0.39, 0.29) is 12.0 Å². The molecule has 1 aromatic heterocycles. The zero-order valence-corrected chi connectivity index (χ0v) is 23.6. The summed E-state index contributed by atoms with van der Waals surface area (Å²) in [6.45, 7) is 12.0. The first-order valence-electron chi connectivity index (χ1n) is 14.1.